The van der Waals surface area contributed by atoms with E-state index in [4.69, 9.17) is 14.6 Å². The Kier molecular flexibility index (Phi) is 5.74. The molecule has 0 saturated carbocycles. The summed E-state index contributed by atoms with van der Waals surface area (Å²) in [6, 6.07) is 3.86. The fraction of sp³-hybridized carbons (Fsp3) is 0.500. The average molecular weight is 304 g/mol. The lowest BCUT2D eigenvalue weighted by atomic mass is 10.2. The third-order valence-electron chi connectivity index (χ3n) is 2.47. The van der Waals surface area contributed by atoms with E-state index in [0.717, 1.165) is 10.0 Å². The first-order valence-electron chi connectivity index (χ1n) is 5.37. The summed E-state index contributed by atoms with van der Waals surface area (Å²) in [5.74, 6) is 1.39. The van der Waals surface area contributed by atoms with Gasteiger partial charge in [-0.25, -0.2) is 0 Å². The molecule has 5 heteroatoms. The SMILES string of the molecule is COc1cc(Br)c(CNC(C)CO)cc1OC. The van der Waals surface area contributed by atoms with Gasteiger partial charge in [-0.1, -0.05) is 15.9 Å². The second kappa shape index (κ2) is 6.83. The summed E-state index contributed by atoms with van der Waals surface area (Å²) in [7, 11) is 3.22. The van der Waals surface area contributed by atoms with Crippen LogP contribution >= 0.6 is 15.9 Å². The van der Waals surface area contributed by atoms with Gasteiger partial charge in [-0.05, 0) is 24.6 Å². The van der Waals surface area contributed by atoms with Gasteiger partial charge in [0.25, 0.3) is 0 Å². The molecule has 0 aliphatic carbocycles. The molecular formula is C12H18BrNO3. The number of hydrogen-bond acceptors (Lipinski definition) is 4. The standard InChI is InChI=1S/C12H18BrNO3/c1-8(7-15)14-6-9-4-11(16-2)12(17-3)5-10(9)13/h4-5,8,14-15H,6-7H2,1-3H3. The van der Waals surface area contributed by atoms with E-state index in [2.05, 4.69) is 21.2 Å². The summed E-state index contributed by atoms with van der Waals surface area (Å²) < 4.78 is 11.4. The Labute approximate surface area is 110 Å². The minimum atomic E-state index is 0.0648. The Morgan fingerprint density at radius 3 is 2.41 bits per heavy atom. The smallest absolute Gasteiger partial charge is 0.161 e. The van der Waals surface area contributed by atoms with Gasteiger partial charge in [0.2, 0.25) is 0 Å². The third kappa shape index (κ3) is 3.87. The molecule has 0 aromatic heterocycles. The van der Waals surface area contributed by atoms with Crippen molar-refractivity contribution in [2.45, 2.75) is 19.5 Å². The van der Waals surface area contributed by atoms with Crippen molar-refractivity contribution < 1.29 is 14.6 Å². The van der Waals surface area contributed by atoms with Gasteiger partial charge >= 0.3 is 0 Å². The van der Waals surface area contributed by atoms with Gasteiger partial charge < -0.3 is 19.9 Å². The lowest BCUT2D eigenvalue weighted by Crippen LogP contribution is -2.28. The van der Waals surface area contributed by atoms with Crippen molar-refractivity contribution in [1.29, 1.82) is 0 Å². The highest BCUT2D eigenvalue weighted by Crippen LogP contribution is 2.33. The van der Waals surface area contributed by atoms with Gasteiger partial charge in [0.15, 0.2) is 11.5 Å². The van der Waals surface area contributed by atoms with Crippen molar-refractivity contribution in [3.05, 3.63) is 22.2 Å². The predicted molar refractivity (Wildman–Crippen MR) is 70.6 cm³/mol. The molecule has 0 aliphatic rings. The number of aliphatic hydroxyl groups excluding tert-OH is 1. The maximum absolute atomic E-state index is 8.95. The molecule has 0 saturated heterocycles. The molecule has 1 atom stereocenters. The molecule has 0 aliphatic heterocycles. The topological polar surface area (TPSA) is 50.7 Å². The van der Waals surface area contributed by atoms with Gasteiger partial charge in [-0.15, -0.1) is 0 Å². The highest BCUT2D eigenvalue weighted by atomic mass is 79.9. The molecule has 1 aromatic rings. The Morgan fingerprint density at radius 2 is 1.88 bits per heavy atom. The van der Waals surface area contributed by atoms with Crippen LogP contribution in [0.1, 0.15) is 12.5 Å². The summed E-state index contributed by atoms with van der Waals surface area (Å²) >= 11 is 3.49. The van der Waals surface area contributed by atoms with Crippen LogP contribution in [0.2, 0.25) is 0 Å². The summed E-state index contributed by atoms with van der Waals surface area (Å²) in [4.78, 5) is 0. The molecular weight excluding hydrogens is 286 g/mol. The van der Waals surface area contributed by atoms with Crippen molar-refractivity contribution in [3.63, 3.8) is 0 Å². The Hall–Kier alpha value is -0.780. The Morgan fingerprint density at radius 1 is 1.29 bits per heavy atom. The fourth-order valence-corrected chi connectivity index (χ4v) is 1.84. The van der Waals surface area contributed by atoms with Gasteiger partial charge in [0.05, 0.1) is 20.8 Å². The Bertz CT molecular complexity index is 371. The molecule has 0 spiro atoms. The van der Waals surface area contributed by atoms with Crippen LogP contribution in [0, 0.1) is 0 Å². The zero-order chi connectivity index (χ0) is 12.8. The quantitative estimate of drug-likeness (QED) is 0.843. The van der Waals surface area contributed by atoms with Gasteiger partial charge in [-0.3, -0.25) is 0 Å². The van der Waals surface area contributed by atoms with E-state index in [1.165, 1.54) is 0 Å². The molecule has 2 N–H and O–H groups in total. The first-order chi connectivity index (χ1) is 8.12. The average Bonchev–Trinajstić information content (AvgIpc) is 2.36. The van der Waals surface area contributed by atoms with Crippen LogP contribution in [-0.4, -0.2) is 32.0 Å². The number of rotatable bonds is 6. The van der Waals surface area contributed by atoms with E-state index in [9.17, 15) is 0 Å². The highest BCUT2D eigenvalue weighted by Gasteiger charge is 2.10. The van der Waals surface area contributed by atoms with E-state index in [1.54, 1.807) is 14.2 Å². The number of nitrogens with one attached hydrogen (secondary N) is 1. The molecule has 1 aromatic carbocycles. The second-order valence-electron chi connectivity index (χ2n) is 3.76. The molecule has 1 unspecified atom stereocenters. The number of methoxy groups -OCH3 is 2. The highest BCUT2D eigenvalue weighted by molar-refractivity contribution is 9.10. The fourth-order valence-electron chi connectivity index (χ4n) is 1.38. The second-order valence-corrected chi connectivity index (χ2v) is 4.62. The summed E-state index contributed by atoms with van der Waals surface area (Å²) in [6.45, 7) is 2.70. The normalized spacial score (nSPS) is 12.3. The van der Waals surface area contributed by atoms with E-state index in [0.29, 0.717) is 18.0 Å². The Balaban J connectivity index is 2.85. The van der Waals surface area contributed by atoms with Crippen LogP contribution in [-0.2, 0) is 6.54 Å². The lowest BCUT2D eigenvalue weighted by molar-refractivity contribution is 0.251. The summed E-state index contributed by atoms with van der Waals surface area (Å²) in [5, 5.41) is 12.1. The van der Waals surface area contributed by atoms with E-state index >= 15 is 0 Å². The van der Waals surface area contributed by atoms with Gasteiger partial charge in [-0.2, -0.15) is 0 Å². The van der Waals surface area contributed by atoms with E-state index < -0.39 is 0 Å². The molecule has 0 bridgehead atoms. The largest absolute Gasteiger partial charge is 0.493 e. The van der Waals surface area contributed by atoms with Gasteiger partial charge in [0.1, 0.15) is 0 Å². The molecule has 17 heavy (non-hydrogen) atoms. The van der Waals surface area contributed by atoms with Crippen molar-refractivity contribution in [1.82, 2.24) is 5.32 Å². The maximum atomic E-state index is 8.95. The monoisotopic (exact) mass is 303 g/mol. The maximum Gasteiger partial charge on any atom is 0.161 e. The number of benzene rings is 1. The minimum absolute atomic E-state index is 0.0648. The van der Waals surface area contributed by atoms with E-state index in [1.807, 2.05) is 19.1 Å². The first kappa shape index (κ1) is 14.3. The molecule has 96 valence electrons. The van der Waals surface area contributed by atoms with Crippen molar-refractivity contribution in [3.8, 4) is 11.5 Å². The van der Waals surface area contributed by atoms with Crippen molar-refractivity contribution >= 4 is 15.9 Å². The van der Waals surface area contributed by atoms with Gasteiger partial charge in [0, 0.05) is 17.1 Å². The number of aliphatic hydroxyl groups is 1. The van der Waals surface area contributed by atoms with Crippen LogP contribution < -0.4 is 14.8 Å². The zero-order valence-corrected chi connectivity index (χ0v) is 11.9. The molecule has 1 rings (SSSR count). The van der Waals surface area contributed by atoms with E-state index in [-0.39, 0.29) is 12.6 Å². The molecule has 4 nitrogen and oxygen atoms in total. The van der Waals surface area contributed by atoms with Crippen molar-refractivity contribution in [2.24, 2.45) is 0 Å². The van der Waals surface area contributed by atoms with Crippen LogP contribution in [0.25, 0.3) is 0 Å². The van der Waals surface area contributed by atoms with Crippen LogP contribution in [0.5, 0.6) is 11.5 Å². The third-order valence-corrected chi connectivity index (χ3v) is 3.21. The molecule has 0 amide bonds. The van der Waals surface area contributed by atoms with Crippen LogP contribution in [0.3, 0.4) is 0 Å². The number of halogens is 1. The summed E-state index contributed by atoms with van der Waals surface area (Å²) in [6.07, 6.45) is 0. The zero-order valence-electron chi connectivity index (χ0n) is 10.3. The van der Waals surface area contributed by atoms with Crippen molar-refractivity contribution in [2.75, 3.05) is 20.8 Å². The number of ether oxygens (including phenoxy) is 2. The summed E-state index contributed by atoms with van der Waals surface area (Å²) in [5.41, 5.74) is 1.06. The number of hydrogen-bond donors (Lipinski definition) is 2. The molecule has 0 radical (unpaired) electrons. The predicted octanol–water partition coefficient (Wildman–Crippen LogP) is 1.94. The molecule has 0 fully saturated rings. The van der Waals surface area contributed by atoms with Crippen LogP contribution in [0.15, 0.2) is 16.6 Å². The minimum Gasteiger partial charge on any atom is -0.493 e. The molecule has 0 heterocycles. The lowest BCUT2D eigenvalue weighted by Gasteiger charge is -2.14. The first-order valence-corrected chi connectivity index (χ1v) is 6.16. The van der Waals surface area contributed by atoms with Crippen LogP contribution in [0.4, 0.5) is 0 Å².